The molecule has 3 nitrogen and oxygen atoms in total. The van der Waals surface area contributed by atoms with Crippen molar-refractivity contribution in [2.75, 3.05) is 0 Å². The third-order valence-corrected chi connectivity index (χ3v) is 9.96. The number of fused-ring (bicyclic) bond motifs is 1. The van der Waals surface area contributed by atoms with E-state index in [4.69, 9.17) is 9.98 Å². The van der Waals surface area contributed by atoms with Crippen molar-refractivity contribution in [2.45, 2.75) is 20.4 Å². The van der Waals surface area contributed by atoms with Crippen molar-refractivity contribution in [3.63, 3.8) is 0 Å². The summed E-state index contributed by atoms with van der Waals surface area (Å²) in [7, 11) is 0. The molecule has 0 bridgehead atoms. The maximum Gasteiger partial charge on any atom is 0.0884 e. The minimum Gasteiger partial charge on any atom is -0.280 e. The Hall–Kier alpha value is -6.15. The standard InChI is InChI=1S/C44H35N3S.C2H2/c1-30(37-17-9-11-21-41(37)46-29-33-14-13-27-45-28-33)34-23-25-36(26-24-34)43(44-31(2)38-18-10-12-22-42(38)48-44)47-32(3)39-19-7-8-20-40(39)35-15-5-4-6-16-35;1-2/h4-28H,3,29H2,1-2H3;1-2H/b37-30+,46-41?,47-43?;. The number of aryl methyl sites for hydroxylation is 1. The molecule has 0 saturated heterocycles. The minimum atomic E-state index is 0.586. The first-order valence-electron chi connectivity index (χ1n) is 16.4. The van der Waals surface area contributed by atoms with Crippen LogP contribution in [0.15, 0.2) is 174 Å². The molecule has 1 aliphatic rings. The topological polar surface area (TPSA) is 37.6 Å². The number of hydrogen-bond donors (Lipinski definition) is 0. The molecule has 4 heteroatoms. The molecule has 0 spiro atoms. The van der Waals surface area contributed by atoms with Crippen molar-refractivity contribution in [1.29, 1.82) is 0 Å². The van der Waals surface area contributed by atoms with Crippen LogP contribution in [-0.2, 0) is 6.54 Å². The van der Waals surface area contributed by atoms with Gasteiger partial charge in [0.15, 0.2) is 0 Å². The van der Waals surface area contributed by atoms with Crippen LogP contribution in [0.4, 0.5) is 0 Å². The summed E-state index contributed by atoms with van der Waals surface area (Å²) < 4.78 is 1.25. The predicted molar refractivity (Wildman–Crippen MR) is 216 cm³/mol. The van der Waals surface area contributed by atoms with Gasteiger partial charge in [0, 0.05) is 33.8 Å². The zero-order valence-electron chi connectivity index (χ0n) is 28.3. The molecular weight excluding hydrogens is 627 g/mol. The summed E-state index contributed by atoms with van der Waals surface area (Å²) in [4.78, 5) is 15.7. The van der Waals surface area contributed by atoms with Crippen molar-refractivity contribution in [2.24, 2.45) is 9.98 Å². The number of aliphatic imine (C=N–C) groups is 2. The quantitative estimate of drug-likeness (QED) is 0.118. The van der Waals surface area contributed by atoms with Gasteiger partial charge in [-0.3, -0.25) is 9.98 Å². The lowest BCUT2D eigenvalue weighted by Crippen LogP contribution is -2.05. The van der Waals surface area contributed by atoms with Gasteiger partial charge in [-0.1, -0.05) is 128 Å². The van der Waals surface area contributed by atoms with Gasteiger partial charge in [0.2, 0.25) is 0 Å². The van der Waals surface area contributed by atoms with E-state index >= 15 is 0 Å². The van der Waals surface area contributed by atoms with Crippen molar-refractivity contribution in [1.82, 2.24) is 4.98 Å². The highest BCUT2D eigenvalue weighted by atomic mass is 32.1. The van der Waals surface area contributed by atoms with Crippen molar-refractivity contribution >= 4 is 44.1 Å². The maximum atomic E-state index is 5.34. The number of hydrogen-bond acceptors (Lipinski definition) is 4. The van der Waals surface area contributed by atoms with E-state index in [2.05, 4.69) is 160 Å². The Morgan fingerprint density at radius 3 is 2.24 bits per heavy atom. The van der Waals surface area contributed by atoms with Gasteiger partial charge in [0.1, 0.15) is 0 Å². The molecule has 4 aromatic carbocycles. The van der Waals surface area contributed by atoms with E-state index in [0.29, 0.717) is 6.54 Å². The second-order valence-electron chi connectivity index (χ2n) is 11.8. The van der Waals surface area contributed by atoms with Gasteiger partial charge in [0.05, 0.1) is 28.5 Å². The van der Waals surface area contributed by atoms with Crippen LogP contribution in [0.5, 0.6) is 0 Å². The molecule has 50 heavy (non-hydrogen) atoms. The van der Waals surface area contributed by atoms with Crippen LogP contribution in [-0.4, -0.2) is 16.4 Å². The molecule has 0 amide bonds. The summed E-state index contributed by atoms with van der Waals surface area (Å²) >= 11 is 1.78. The number of thiophene rings is 1. The van der Waals surface area contributed by atoms with Crippen LogP contribution < -0.4 is 0 Å². The fraction of sp³-hybridized carbons (Fsp3) is 0.0652. The van der Waals surface area contributed by atoms with E-state index in [1.165, 1.54) is 21.2 Å². The van der Waals surface area contributed by atoms with Crippen molar-refractivity contribution < 1.29 is 0 Å². The van der Waals surface area contributed by atoms with Gasteiger partial charge in [-0.05, 0) is 70.8 Å². The molecule has 0 saturated carbocycles. The Morgan fingerprint density at radius 2 is 1.48 bits per heavy atom. The fourth-order valence-electron chi connectivity index (χ4n) is 6.08. The summed E-state index contributed by atoms with van der Waals surface area (Å²) in [5, 5.41) is 1.26. The van der Waals surface area contributed by atoms with E-state index in [1.54, 1.807) is 17.5 Å². The highest BCUT2D eigenvalue weighted by molar-refractivity contribution is 7.21. The van der Waals surface area contributed by atoms with Crippen LogP contribution >= 0.6 is 11.3 Å². The lowest BCUT2D eigenvalue weighted by Gasteiger charge is -2.14. The molecule has 0 atom stereocenters. The van der Waals surface area contributed by atoms with E-state index in [-0.39, 0.29) is 0 Å². The zero-order chi connectivity index (χ0) is 34.9. The average molecular weight is 664 g/mol. The van der Waals surface area contributed by atoms with Crippen molar-refractivity contribution in [3.05, 3.63) is 197 Å². The molecule has 0 unspecified atom stereocenters. The normalized spacial score (nSPS) is 14.3. The molecule has 1 aliphatic carbocycles. The van der Waals surface area contributed by atoms with Crippen LogP contribution in [0.25, 0.3) is 32.5 Å². The van der Waals surface area contributed by atoms with Gasteiger partial charge < -0.3 is 0 Å². The molecule has 0 N–H and O–H groups in total. The van der Waals surface area contributed by atoms with Gasteiger partial charge in [0.25, 0.3) is 0 Å². The Balaban J connectivity index is 0.00000212. The number of allylic oxidation sites excluding steroid dienone is 6. The zero-order valence-corrected chi connectivity index (χ0v) is 29.1. The first-order valence-corrected chi connectivity index (χ1v) is 17.2. The summed E-state index contributed by atoms with van der Waals surface area (Å²) in [5.41, 5.74) is 12.7. The molecule has 2 heterocycles. The SMILES string of the molecule is C#C.C=C(N=C(c1ccc(/C(C)=C2\C=CC=CC2=NCc2cccnc2)cc1)c1sc2ccccc2c1C)c1ccccc1-c1ccccc1. The van der Waals surface area contributed by atoms with E-state index in [1.807, 2.05) is 24.4 Å². The molecule has 242 valence electrons. The Kier molecular flexibility index (Phi) is 10.7. The molecule has 0 aliphatic heterocycles. The van der Waals surface area contributed by atoms with E-state index in [9.17, 15) is 0 Å². The number of pyridine rings is 1. The number of aromatic nitrogens is 1. The second-order valence-corrected chi connectivity index (χ2v) is 12.8. The van der Waals surface area contributed by atoms with Crippen molar-refractivity contribution in [3.8, 4) is 24.0 Å². The molecule has 6 aromatic rings. The number of nitrogens with zero attached hydrogens (tertiary/aromatic N) is 3. The summed E-state index contributed by atoms with van der Waals surface area (Å²) in [6.45, 7) is 9.47. The third-order valence-electron chi connectivity index (χ3n) is 8.68. The predicted octanol–water partition coefficient (Wildman–Crippen LogP) is 11.6. The smallest absolute Gasteiger partial charge is 0.0884 e. The van der Waals surface area contributed by atoms with Crippen LogP contribution in [0.3, 0.4) is 0 Å². The summed E-state index contributed by atoms with van der Waals surface area (Å²) in [6.07, 6.45) is 20.0. The number of terminal acetylenes is 1. The lowest BCUT2D eigenvalue weighted by atomic mass is 9.93. The summed E-state index contributed by atoms with van der Waals surface area (Å²) in [6, 6.07) is 40.2. The number of benzene rings is 4. The maximum absolute atomic E-state index is 5.34. The highest BCUT2D eigenvalue weighted by Crippen LogP contribution is 2.35. The lowest BCUT2D eigenvalue weighted by molar-refractivity contribution is 1.05. The Labute approximate surface area is 299 Å². The minimum absolute atomic E-state index is 0.586. The average Bonchev–Trinajstić information content (AvgIpc) is 3.53. The fourth-order valence-corrected chi connectivity index (χ4v) is 7.30. The van der Waals surface area contributed by atoms with E-state index < -0.39 is 0 Å². The van der Waals surface area contributed by atoms with E-state index in [0.717, 1.165) is 61.0 Å². The monoisotopic (exact) mass is 663 g/mol. The van der Waals surface area contributed by atoms with Gasteiger partial charge in [-0.25, -0.2) is 4.99 Å². The number of rotatable bonds is 8. The largest absolute Gasteiger partial charge is 0.280 e. The first kappa shape index (κ1) is 33.7. The van der Waals surface area contributed by atoms with Crippen LogP contribution in [0.1, 0.15) is 39.6 Å². The second kappa shape index (κ2) is 15.8. The Bertz CT molecular complexity index is 2310. The van der Waals surface area contributed by atoms with Gasteiger partial charge in [-0.15, -0.1) is 24.2 Å². The summed E-state index contributed by atoms with van der Waals surface area (Å²) in [5.74, 6) is 0. The Morgan fingerprint density at radius 1 is 0.780 bits per heavy atom. The van der Waals surface area contributed by atoms with Gasteiger partial charge >= 0.3 is 0 Å². The molecule has 7 rings (SSSR count). The third kappa shape index (κ3) is 7.29. The van der Waals surface area contributed by atoms with Crippen LogP contribution in [0.2, 0.25) is 0 Å². The van der Waals surface area contributed by atoms with Crippen LogP contribution in [0, 0.1) is 19.8 Å². The molecule has 0 fully saturated rings. The molecule has 0 radical (unpaired) electrons. The first-order chi connectivity index (χ1) is 24.6. The van der Waals surface area contributed by atoms with Gasteiger partial charge in [-0.2, -0.15) is 0 Å². The highest BCUT2D eigenvalue weighted by Gasteiger charge is 2.18. The molecular formula is C46H37N3S. The molecule has 2 aromatic heterocycles.